The van der Waals surface area contributed by atoms with Crippen LogP contribution < -0.4 is 0 Å². The normalized spacial score (nSPS) is 13.0. The minimum Gasteiger partial charge on any atom is -0.309 e. The molecule has 0 saturated carbocycles. The molecule has 0 radical (unpaired) electrons. The predicted molar refractivity (Wildman–Crippen MR) is 91.7 cm³/mol. The maximum absolute atomic E-state index is 12.4. The van der Waals surface area contributed by atoms with Crippen LogP contribution in [-0.2, 0) is 4.79 Å². The summed E-state index contributed by atoms with van der Waals surface area (Å²) in [4.78, 5) is 14.5. The SMILES string of the molecule is CCCCC[C@H](CN(C)C)C(=O)/C=C\c1ccc(Cl)cc1. The van der Waals surface area contributed by atoms with Gasteiger partial charge >= 0.3 is 0 Å². The Morgan fingerprint density at radius 2 is 1.90 bits per heavy atom. The molecule has 0 aliphatic heterocycles. The zero-order valence-electron chi connectivity index (χ0n) is 13.3. The van der Waals surface area contributed by atoms with Gasteiger partial charge in [0.1, 0.15) is 0 Å². The van der Waals surface area contributed by atoms with Crippen LogP contribution in [0, 0.1) is 5.92 Å². The molecule has 0 aliphatic carbocycles. The van der Waals surface area contributed by atoms with Crippen molar-refractivity contribution in [3.05, 3.63) is 40.9 Å². The van der Waals surface area contributed by atoms with E-state index in [1.54, 1.807) is 6.08 Å². The van der Waals surface area contributed by atoms with E-state index in [2.05, 4.69) is 11.8 Å². The second-order valence-electron chi connectivity index (χ2n) is 5.74. The lowest BCUT2D eigenvalue weighted by molar-refractivity contribution is -0.118. The fourth-order valence-electron chi connectivity index (χ4n) is 2.29. The van der Waals surface area contributed by atoms with Gasteiger partial charge in [-0.3, -0.25) is 4.79 Å². The molecule has 3 heteroatoms. The number of carbonyl (C=O) groups excluding carboxylic acids is 1. The van der Waals surface area contributed by atoms with E-state index in [-0.39, 0.29) is 11.7 Å². The van der Waals surface area contributed by atoms with Gasteiger partial charge in [-0.05, 0) is 44.3 Å². The maximum Gasteiger partial charge on any atom is 0.160 e. The first kappa shape index (κ1) is 17.9. The highest BCUT2D eigenvalue weighted by atomic mass is 35.5. The minimum absolute atomic E-state index is 0.0927. The van der Waals surface area contributed by atoms with Gasteiger partial charge < -0.3 is 4.90 Å². The summed E-state index contributed by atoms with van der Waals surface area (Å²) in [5.74, 6) is 0.310. The molecule has 0 amide bonds. The van der Waals surface area contributed by atoms with Gasteiger partial charge in [0.15, 0.2) is 5.78 Å². The average Bonchev–Trinajstić information content (AvgIpc) is 2.45. The summed E-state index contributed by atoms with van der Waals surface area (Å²) in [5, 5.41) is 0.712. The van der Waals surface area contributed by atoms with Crippen molar-refractivity contribution in [2.75, 3.05) is 20.6 Å². The lowest BCUT2D eigenvalue weighted by Crippen LogP contribution is -2.27. The summed E-state index contributed by atoms with van der Waals surface area (Å²) in [6, 6.07) is 7.52. The van der Waals surface area contributed by atoms with Gasteiger partial charge in [0.2, 0.25) is 0 Å². The highest BCUT2D eigenvalue weighted by Crippen LogP contribution is 2.15. The number of unbranched alkanes of at least 4 members (excludes halogenated alkanes) is 2. The molecule has 1 aromatic rings. The quantitative estimate of drug-likeness (QED) is 0.487. The Morgan fingerprint density at radius 1 is 1.24 bits per heavy atom. The van der Waals surface area contributed by atoms with E-state index in [0.717, 1.165) is 24.9 Å². The monoisotopic (exact) mass is 307 g/mol. The zero-order valence-corrected chi connectivity index (χ0v) is 14.1. The lowest BCUT2D eigenvalue weighted by atomic mass is 9.95. The van der Waals surface area contributed by atoms with Crippen LogP contribution in [0.4, 0.5) is 0 Å². The topological polar surface area (TPSA) is 20.3 Å². The summed E-state index contributed by atoms with van der Waals surface area (Å²) in [6.07, 6.45) is 8.05. The van der Waals surface area contributed by atoms with Crippen molar-refractivity contribution in [3.8, 4) is 0 Å². The third-order valence-electron chi connectivity index (χ3n) is 3.45. The molecular formula is C18H26ClNO. The lowest BCUT2D eigenvalue weighted by Gasteiger charge is -2.18. The Kier molecular flexibility index (Phi) is 8.33. The molecule has 0 heterocycles. The van der Waals surface area contributed by atoms with Crippen molar-refractivity contribution >= 4 is 23.5 Å². The number of rotatable bonds is 9. The van der Waals surface area contributed by atoms with Crippen molar-refractivity contribution < 1.29 is 4.79 Å². The summed E-state index contributed by atoms with van der Waals surface area (Å²) in [5.41, 5.74) is 1.00. The van der Waals surface area contributed by atoms with E-state index in [0.29, 0.717) is 5.02 Å². The summed E-state index contributed by atoms with van der Waals surface area (Å²) >= 11 is 5.86. The Hall–Kier alpha value is -1.12. The van der Waals surface area contributed by atoms with Crippen LogP contribution in [0.15, 0.2) is 30.3 Å². The first-order valence-corrected chi connectivity index (χ1v) is 8.03. The number of allylic oxidation sites excluding steroid dienone is 1. The molecule has 0 bridgehead atoms. The second-order valence-corrected chi connectivity index (χ2v) is 6.18. The van der Waals surface area contributed by atoms with E-state index in [9.17, 15) is 4.79 Å². The molecule has 0 aromatic heterocycles. The van der Waals surface area contributed by atoms with Gasteiger partial charge in [0.25, 0.3) is 0 Å². The summed E-state index contributed by atoms with van der Waals surface area (Å²) < 4.78 is 0. The number of nitrogens with zero attached hydrogens (tertiary/aromatic N) is 1. The van der Waals surface area contributed by atoms with Crippen LogP contribution in [0.25, 0.3) is 6.08 Å². The third-order valence-corrected chi connectivity index (χ3v) is 3.71. The van der Waals surface area contributed by atoms with E-state index in [1.165, 1.54) is 12.8 Å². The van der Waals surface area contributed by atoms with Crippen LogP contribution in [-0.4, -0.2) is 31.3 Å². The molecule has 0 fully saturated rings. The van der Waals surface area contributed by atoms with Crippen LogP contribution in [0.3, 0.4) is 0 Å². The number of ketones is 1. The van der Waals surface area contributed by atoms with E-state index in [4.69, 9.17) is 11.6 Å². The van der Waals surface area contributed by atoms with Gasteiger partial charge in [0.05, 0.1) is 0 Å². The fraction of sp³-hybridized carbons (Fsp3) is 0.500. The number of halogens is 1. The Bertz CT molecular complexity index is 451. The zero-order chi connectivity index (χ0) is 15.7. The number of carbonyl (C=O) groups is 1. The van der Waals surface area contributed by atoms with Gasteiger partial charge in [0, 0.05) is 17.5 Å². The van der Waals surface area contributed by atoms with E-state index >= 15 is 0 Å². The standard InChI is InChI=1S/C18H26ClNO/c1-4-5-6-7-16(14-20(2)3)18(21)13-10-15-8-11-17(19)12-9-15/h8-13,16H,4-7,14H2,1-3H3/b13-10-/t16-/m1/s1. The molecule has 0 aliphatic rings. The molecule has 0 N–H and O–H groups in total. The summed E-state index contributed by atoms with van der Waals surface area (Å²) in [6.45, 7) is 3.00. The Morgan fingerprint density at radius 3 is 2.48 bits per heavy atom. The van der Waals surface area contributed by atoms with Gasteiger partial charge in [-0.1, -0.05) is 56.0 Å². The van der Waals surface area contributed by atoms with Crippen LogP contribution in [0.2, 0.25) is 5.02 Å². The molecule has 2 nitrogen and oxygen atoms in total. The molecule has 1 aromatic carbocycles. The van der Waals surface area contributed by atoms with Gasteiger partial charge in [-0.2, -0.15) is 0 Å². The highest BCUT2D eigenvalue weighted by molar-refractivity contribution is 6.30. The van der Waals surface area contributed by atoms with Gasteiger partial charge in [-0.15, -0.1) is 0 Å². The number of benzene rings is 1. The number of hydrogen-bond donors (Lipinski definition) is 0. The predicted octanol–water partition coefficient (Wildman–Crippen LogP) is 4.68. The van der Waals surface area contributed by atoms with Crippen LogP contribution in [0.1, 0.15) is 38.2 Å². The van der Waals surface area contributed by atoms with Crippen molar-refractivity contribution in [1.29, 1.82) is 0 Å². The molecule has 0 spiro atoms. The van der Waals surface area contributed by atoms with Crippen LogP contribution in [0.5, 0.6) is 0 Å². The Balaban J connectivity index is 2.63. The molecule has 116 valence electrons. The molecule has 1 atom stereocenters. The molecule has 0 saturated heterocycles. The van der Waals surface area contributed by atoms with Crippen molar-refractivity contribution in [2.24, 2.45) is 5.92 Å². The summed E-state index contributed by atoms with van der Waals surface area (Å²) in [7, 11) is 4.03. The molecular weight excluding hydrogens is 282 g/mol. The maximum atomic E-state index is 12.4. The average molecular weight is 308 g/mol. The first-order chi connectivity index (χ1) is 10.0. The molecule has 21 heavy (non-hydrogen) atoms. The Labute approximate surface area is 133 Å². The van der Waals surface area contributed by atoms with Gasteiger partial charge in [-0.25, -0.2) is 0 Å². The van der Waals surface area contributed by atoms with Crippen molar-refractivity contribution in [2.45, 2.75) is 32.6 Å². The number of hydrogen-bond acceptors (Lipinski definition) is 2. The van der Waals surface area contributed by atoms with E-state index in [1.807, 2.05) is 44.4 Å². The smallest absolute Gasteiger partial charge is 0.160 e. The van der Waals surface area contributed by atoms with Crippen LogP contribution >= 0.6 is 11.6 Å². The van der Waals surface area contributed by atoms with E-state index < -0.39 is 0 Å². The second kappa shape index (κ2) is 9.75. The van der Waals surface area contributed by atoms with Crippen molar-refractivity contribution in [3.63, 3.8) is 0 Å². The minimum atomic E-state index is 0.0927. The largest absolute Gasteiger partial charge is 0.309 e. The molecule has 1 rings (SSSR count). The first-order valence-electron chi connectivity index (χ1n) is 7.65. The fourth-order valence-corrected chi connectivity index (χ4v) is 2.42. The molecule has 0 unspecified atom stereocenters. The highest BCUT2D eigenvalue weighted by Gasteiger charge is 2.16. The third kappa shape index (κ3) is 7.45. The van der Waals surface area contributed by atoms with Crippen molar-refractivity contribution in [1.82, 2.24) is 4.90 Å².